The molecule has 0 saturated heterocycles. The van der Waals surface area contributed by atoms with Crippen LogP contribution in [0.2, 0.25) is 0 Å². The quantitative estimate of drug-likeness (QED) is 0.500. The van der Waals surface area contributed by atoms with E-state index < -0.39 is 0 Å². The van der Waals surface area contributed by atoms with Crippen LogP contribution >= 0.6 is 0 Å². The molecule has 0 saturated carbocycles. The maximum atomic E-state index is 13.1. The normalized spacial score (nSPS) is 10.8. The number of carbonyl (C=O) groups is 1. The molecule has 0 aliphatic carbocycles. The van der Waals surface area contributed by atoms with Gasteiger partial charge >= 0.3 is 0 Å². The van der Waals surface area contributed by atoms with E-state index in [1.54, 1.807) is 35.3 Å². The molecular formula is C22H20FN5O2. The van der Waals surface area contributed by atoms with Gasteiger partial charge in [-0.05, 0) is 55.8 Å². The van der Waals surface area contributed by atoms with E-state index in [0.717, 1.165) is 11.3 Å². The molecule has 0 atom stereocenters. The maximum absolute atomic E-state index is 13.1. The second kappa shape index (κ2) is 8.20. The third kappa shape index (κ3) is 4.38. The molecule has 2 N–H and O–H groups in total. The van der Waals surface area contributed by atoms with E-state index in [4.69, 9.17) is 4.74 Å². The standard InChI is InChI=1S/C22H20FN5O2/c1-14-3-8-21(15(2)9-14)30-13-28-12-18(11-24-28)25-22(29)20-10-19(26-27-20)16-4-6-17(23)7-5-16/h3-12H,13H2,1-2H3,(H,25,29)(H,26,27). The lowest BCUT2D eigenvalue weighted by atomic mass is 10.1. The summed E-state index contributed by atoms with van der Waals surface area (Å²) in [5.41, 5.74) is 4.30. The van der Waals surface area contributed by atoms with Crippen LogP contribution in [0.1, 0.15) is 21.6 Å². The number of ether oxygens (including phenoxy) is 1. The van der Waals surface area contributed by atoms with Crippen LogP contribution in [-0.2, 0) is 6.73 Å². The highest BCUT2D eigenvalue weighted by Crippen LogP contribution is 2.20. The Kier molecular flexibility index (Phi) is 5.30. The Morgan fingerprint density at radius 3 is 2.73 bits per heavy atom. The number of hydrogen-bond acceptors (Lipinski definition) is 4. The molecule has 0 aliphatic heterocycles. The van der Waals surface area contributed by atoms with Gasteiger partial charge in [0.05, 0.1) is 23.8 Å². The molecule has 2 aromatic heterocycles. The molecule has 7 nitrogen and oxygen atoms in total. The molecule has 0 spiro atoms. The third-order valence-electron chi connectivity index (χ3n) is 4.54. The minimum atomic E-state index is -0.356. The Morgan fingerprint density at radius 1 is 1.17 bits per heavy atom. The summed E-state index contributed by atoms with van der Waals surface area (Å²) >= 11 is 0. The van der Waals surface area contributed by atoms with Crippen molar-refractivity contribution in [2.75, 3.05) is 5.32 Å². The topological polar surface area (TPSA) is 84.8 Å². The summed E-state index contributed by atoms with van der Waals surface area (Å²) < 4.78 is 20.4. The molecule has 30 heavy (non-hydrogen) atoms. The van der Waals surface area contributed by atoms with E-state index in [1.807, 2.05) is 26.0 Å². The Bertz CT molecular complexity index is 1180. The molecule has 0 radical (unpaired) electrons. The van der Waals surface area contributed by atoms with Gasteiger partial charge in [0, 0.05) is 5.56 Å². The number of amides is 1. The molecule has 2 aromatic carbocycles. The summed E-state index contributed by atoms with van der Waals surface area (Å²) in [5.74, 6) is 0.101. The first-order valence-electron chi connectivity index (χ1n) is 9.33. The van der Waals surface area contributed by atoms with E-state index in [-0.39, 0.29) is 24.1 Å². The molecule has 0 bridgehead atoms. The number of nitrogens with one attached hydrogen (secondary N) is 2. The Balaban J connectivity index is 1.37. The van der Waals surface area contributed by atoms with Crippen molar-refractivity contribution in [2.24, 2.45) is 0 Å². The SMILES string of the molecule is Cc1ccc(OCn2cc(NC(=O)c3cc(-c4ccc(F)cc4)n[nH]3)cn2)c(C)c1. The summed E-state index contributed by atoms with van der Waals surface area (Å²) in [7, 11) is 0. The van der Waals surface area contributed by atoms with Crippen molar-refractivity contribution in [1.29, 1.82) is 0 Å². The van der Waals surface area contributed by atoms with Crippen molar-refractivity contribution in [3.05, 3.63) is 83.6 Å². The fourth-order valence-electron chi connectivity index (χ4n) is 3.00. The van der Waals surface area contributed by atoms with Crippen molar-refractivity contribution in [3.63, 3.8) is 0 Å². The average molecular weight is 405 g/mol. The number of hydrogen-bond donors (Lipinski definition) is 2. The number of aromatic nitrogens is 4. The van der Waals surface area contributed by atoms with Gasteiger partial charge in [-0.15, -0.1) is 0 Å². The second-order valence-corrected chi connectivity index (χ2v) is 6.94. The van der Waals surface area contributed by atoms with Crippen LogP contribution in [0, 0.1) is 19.7 Å². The van der Waals surface area contributed by atoms with Gasteiger partial charge in [-0.2, -0.15) is 10.2 Å². The van der Waals surface area contributed by atoms with Gasteiger partial charge in [0.1, 0.15) is 17.3 Å². The summed E-state index contributed by atoms with van der Waals surface area (Å²) in [6, 6.07) is 13.5. The molecule has 1 amide bonds. The van der Waals surface area contributed by atoms with Crippen molar-refractivity contribution in [2.45, 2.75) is 20.6 Å². The smallest absolute Gasteiger partial charge is 0.273 e. The first kappa shape index (κ1) is 19.4. The predicted molar refractivity (Wildman–Crippen MR) is 111 cm³/mol. The molecule has 8 heteroatoms. The summed E-state index contributed by atoms with van der Waals surface area (Å²) in [4.78, 5) is 12.5. The van der Waals surface area contributed by atoms with Gasteiger partial charge in [-0.3, -0.25) is 9.89 Å². The first-order valence-corrected chi connectivity index (χ1v) is 9.33. The van der Waals surface area contributed by atoms with Gasteiger partial charge < -0.3 is 10.1 Å². The van der Waals surface area contributed by atoms with E-state index in [9.17, 15) is 9.18 Å². The predicted octanol–water partition coefficient (Wildman–Crippen LogP) is 4.32. The number of carbonyl (C=O) groups excluding carboxylic acids is 1. The lowest BCUT2D eigenvalue weighted by Crippen LogP contribution is -2.12. The van der Waals surface area contributed by atoms with E-state index >= 15 is 0 Å². The van der Waals surface area contributed by atoms with Crippen LogP contribution in [0.4, 0.5) is 10.1 Å². The number of nitrogens with zero attached hydrogens (tertiary/aromatic N) is 3. The zero-order chi connectivity index (χ0) is 21.1. The highest BCUT2D eigenvalue weighted by atomic mass is 19.1. The lowest BCUT2D eigenvalue weighted by Gasteiger charge is -2.09. The number of anilines is 1. The highest BCUT2D eigenvalue weighted by molar-refractivity contribution is 6.03. The molecule has 0 unspecified atom stereocenters. The minimum Gasteiger partial charge on any atom is -0.471 e. The Labute approximate surface area is 172 Å². The zero-order valence-corrected chi connectivity index (χ0v) is 16.5. The van der Waals surface area contributed by atoms with Crippen LogP contribution in [0.15, 0.2) is 60.9 Å². The minimum absolute atomic E-state index is 0.221. The molecule has 152 valence electrons. The van der Waals surface area contributed by atoms with Crippen LogP contribution in [0.3, 0.4) is 0 Å². The number of aromatic amines is 1. The Morgan fingerprint density at radius 2 is 1.97 bits per heavy atom. The molecule has 4 rings (SSSR count). The van der Waals surface area contributed by atoms with Crippen molar-refractivity contribution < 1.29 is 13.9 Å². The van der Waals surface area contributed by atoms with E-state index in [1.165, 1.54) is 17.7 Å². The summed E-state index contributed by atoms with van der Waals surface area (Å²) in [6.07, 6.45) is 3.22. The van der Waals surface area contributed by atoms with Crippen LogP contribution < -0.4 is 10.1 Å². The average Bonchev–Trinajstić information content (AvgIpc) is 3.38. The van der Waals surface area contributed by atoms with Crippen molar-refractivity contribution in [3.8, 4) is 17.0 Å². The van der Waals surface area contributed by atoms with E-state index in [2.05, 4.69) is 26.7 Å². The van der Waals surface area contributed by atoms with E-state index in [0.29, 0.717) is 16.9 Å². The number of H-pyrrole nitrogens is 1. The van der Waals surface area contributed by atoms with Gasteiger partial charge in [-0.25, -0.2) is 9.07 Å². The van der Waals surface area contributed by atoms with Crippen LogP contribution in [0.25, 0.3) is 11.3 Å². The maximum Gasteiger partial charge on any atom is 0.273 e. The largest absolute Gasteiger partial charge is 0.471 e. The van der Waals surface area contributed by atoms with Crippen molar-refractivity contribution in [1.82, 2.24) is 20.0 Å². The number of halogens is 1. The highest BCUT2D eigenvalue weighted by Gasteiger charge is 2.12. The molecule has 0 fully saturated rings. The van der Waals surface area contributed by atoms with Crippen LogP contribution in [-0.4, -0.2) is 25.9 Å². The van der Waals surface area contributed by atoms with Gasteiger partial charge in [-0.1, -0.05) is 17.7 Å². The fraction of sp³-hybridized carbons (Fsp3) is 0.136. The van der Waals surface area contributed by atoms with Gasteiger partial charge in [0.15, 0.2) is 6.73 Å². The number of aryl methyl sites for hydroxylation is 2. The van der Waals surface area contributed by atoms with Crippen molar-refractivity contribution >= 4 is 11.6 Å². The van der Waals surface area contributed by atoms with Gasteiger partial charge in [0.25, 0.3) is 5.91 Å². The molecular weight excluding hydrogens is 385 g/mol. The monoisotopic (exact) mass is 405 g/mol. The lowest BCUT2D eigenvalue weighted by molar-refractivity contribution is 0.102. The summed E-state index contributed by atoms with van der Waals surface area (Å²) in [5, 5.41) is 13.8. The Hall–Kier alpha value is -3.94. The molecule has 2 heterocycles. The fourth-order valence-corrected chi connectivity index (χ4v) is 3.00. The van der Waals surface area contributed by atoms with Gasteiger partial charge in [0.2, 0.25) is 0 Å². The second-order valence-electron chi connectivity index (χ2n) is 6.94. The zero-order valence-electron chi connectivity index (χ0n) is 16.5. The molecule has 4 aromatic rings. The van der Waals surface area contributed by atoms with Crippen LogP contribution in [0.5, 0.6) is 5.75 Å². The number of rotatable bonds is 6. The first-order chi connectivity index (χ1) is 14.5. The molecule has 0 aliphatic rings. The third-order valence-corrected chi connectivity index (χ3v) is 4.54. The number of benzene rings is 2. The summed E-state index contributed by atoms with van der Waals surface area (Å²) in [6.45, 7) is 4.24.